The lowest BCUT2D eigenvalue weighted by Gasteiger charge is -2.06. The lowest BCUT2D eigenvalue weighted by Crippen LogP contribution is -2.38. The molecule has 3 aromatic rings. The van der Waals surface area contributed by atoms with E-state index in [-0.39, 0.29) is 11.0 Å². The Morgan fingerprint density at radius 2 is 0.923 bits per heavy atom. The van der Waals surface area contributed by atoms with Gasteiger partial charge in [0, 0.05) is 21.2 Å². The van der Waals surface area contributed by atoms with Gasteiger partial charge < -0.3 is 10.9 Å². The van der Waals surface area contributed by atoms with Gasteiger partial charge in [0.2, 0.25) is 11.0 Å². The molecule has 2 aromatic carbocycles. The van der Waals surface area contributed by atoms with Crippen molar-refractivity contribution in [1.82, 2.24) is 31.2 Å². The summed E-state index contributed by atoms with van der Waals surface area (Å²) < 4.78 is 0. The van der Waals surface area contributed by atoms with Gasteiger partial charge in [-0.25, -0.2) is 0 Å². The van der Waals surface area contributed by atoms with Gasteiger partial charge in [0.15, 0.2) is 0 Å². The Kier molecular flexibility index (Phi) is 5.59. The van der Waals surface area contributed by atoms with Crippen molar-refractivity contribution in [3.8, 4) is 0 Å². The van der Waals surface area contributed by atoms with Crippen molar-refractivity contribution in [1.29, 1.82) is 0 Å². The predicted octanol–water partition coefficient (Wildman–Crippen LogP) is -0.187. The average molecular weight is 389 g/mol. The zero-order valence-corrected chi connectivity index (χ0v) is 14.8. The predicted molar refractivity (Wildman–Crippen MR) is 99.4 cm³/mol. The summed E-state index contributed by atoms with van der Waals surface area (Å²) in [5, 5.41) is 17.5. The fourth-order valence-corrected chi connectivity index (χ4v) is 2.47. The van der Waals surface area contributed by atoms with E-state index >= 15 is 0 Å². The van der Waals surface area contributed by atoms with Crippen molar-refractivity contribution < 1.29 is 0 Å². The molecule has 0 aliphatic heterocycles. The lowest BCUT2D eigenvalue weighted by atomic mass is 10.2. The van der Waals surface area contributed by atoms with Crippen molar-refractivity contribution in [2.24, 2.45) is 11.7 Å². The summed E-state index contributed by atoms with van der Waals surface area (Å²) in [6.45, 7) is 0. The van der Waals surface area contributed by atoms with Crippen molar-refractivity contribution in [2.75, 3.05) is 0 Å². The molecule has 1 aromatic heterocycles. The number of aromatic nitrogens is 4. The number of hydrazine groups is 2. The van der Waals surface area contributed by atoms with E-state index in [1.807, 2.05) is 0 Å². The number of hydrogen-bond donors (Lipinski definition) is 4. The minimum atomic E-state index is 0.228. The molecule has 0 radical (unpaired) electrons. The summed E-state index contributed by atoms with van der Waals surface area (Å²) in [5.74, 6) is 11.2. The quantitative estimate of drug-likeness (QED) is 0.357. The van der Waals surface area contributed by atoms with E-state index in [1.54, 1.807) is 48.5 Å². The van der Waals surface area contributed by atoms with Gasteiger partial charge in [-0.3, -0.25) is 11.7 Å². The standard InChI is InChI=1S/C16H14Cl2N8/c17-11-5-1-9(2-6-11)13(21-19)15-23-25-16(26-24-15)14(22-20)10-3-7-12(18)8-4-10/h1-8,21-22H,19-20H2. The van der Waals surface area contributed by atoms with Crippen LogP contribution < -0.4 is 33.5 Å². The summed E-state index contributed by atoms with van der Waals surface area (Å²) in [6, 6.07) is 14.0. The summed E-state index contributed by atoms with van der Waals surface area (Å²) in [4.78, 5) is 0. The Balaban J connectivity index is 2.10. The van der Waals surface area contributed by atoms with E-state index in [0.717, 1.165) is 11.1 Å². The first-order valence-corrected chi connectivity index (χ1v) is 8.15. The van der Waals surface area contributed by atoms with Gasteiger partial charge in [-0.15, -0.1) is 20.4 Å². The number of rotatable bonds is 4. The smallest absolute Gasteiger partial charge is 0.221 e. The van der Waals surface area contributed by atoms with E-state index in [1.165, 1.54) is 0 Å². The molecule has 0 saturated carbocycles. The highest BCUT2D eigenvalue weighted by atomic mass is 35.5. The summed E-state index contributed by atoms with van der Waals surface area (Å²) >= 11 is 11.8. The Hall–Kier alpha value is -2.78. The molecule has 6 N–H and O–H groups in total. The van der Waals surface area contributed by atoms with Gasteiger partial charge >= 0.3 is 0 Å². The molecule has 8 nitrogen and oxygen atoms in total. The molecule has 0 fully saturated rings. The maximum atomic E-state index is 5.90. The zero-order valence-electron chi connectivity index (χ0n) is 13.3. The van der Waals surface area contributed by atoms with Crippen LogP contribution in [0, 0.1) is 0 Å². The highest BCUT2D eigenvalue weighted by Crippen LogP contribution is 2.13. The molecule has 3 rings (SSSR count). The Labute approximate surface area is 158 Å². The van der Waals surface area contributed by atoms with Crippen LogP contribution in [-0.2, 0) is 0 Å². The molecular formula is C16H14Cl2N8. The maximum absolute atomic E-state index is 5.90. The number of halogens is 2. The third kappa shape index (κ3) is 3.89. The van der Waals surface area contributed by atoms with Gasteiger partial charge in [-0.05, 0) is 24.3 Å². The van der Waals surface area contributed by atoms with Gasteiger partial charge in [-0.2, -0.15) is 0 Å². The van der Waals surface area contributed by atoms with Crippen LogP contribution in [0.5, 0.6) is 0 Å². The Morgan fingerprint density at radius 3 is 1.19 bits per heavy atom. The van der Waals surface area contributed by atoms with Crippen LogP contribution in [0.4, 0.5) is 0 Å². The number of nitrogens with two attached hydrogens (primary N) is 2. The van der Waals surface area contributed by atoms with Crippen molar-refractivity contribution >= 4 is 34.6 Å². The highest BCUT2D eigenvalue weighted by molar-refractivity contribution is 6.30. The van der Waals surface area contributed by atoms with E-state index in [9.17, 15) is 0 Å². The second kappa shape index (κ2) is 8.07. The van der Waals surface area contributed by atoms with Crippen LogP contribution in [-0.4, -0.2) is 20.4 Å². The minimum Gasteiger partial charge on any atom is -0.320 e. The Bertz CT molecular complexity index is 912. The van der Waals surface area contributed by atoms with E-state index < -0.39 is 0 Å². The molecule has 0 atom stereocenters. The first kappa shape index (κ1) is 18.0. The van der Waals surface area contributed by atoms with Gasteiger partial charge in [0.1, 0.15) is 11.4 Å². The maximum Gasteiger partial charge on any atom is 0.221 e. The molecule has 0 aliphatic rings. The summed E-state index contributed by atoms with van der Waals surface area (Å²) in [5.41, 5.74) is 7.98. The van der Waals surface area contributed by atoms with Crippen LogP contribution in [0.1, 0.15) is 11.1 Å². The lowest BCUT2D eigenvalue weighted by molar-refractivity contribution is 0.752. The zero-order chi connectivity index (χ0) is 18.5. The molecule has 0 bridgehead atoms. The molecule has 0 amide bonds. The highest BCUT2D eigenvalue weighted by Gasteiger charge is 2.07. The SMILES string of the molecule is NNC(c1ccc(Cl)cc1)=c1nnc(=C(NN)c2ccc(Cl)cc2)nn1. The first-order chi connectivity index (χ1) is 12.6. The van der Waals surface area contributed by atoms with Crippen LogP contribution in [0.3, 0.4) is 0 Å². The van der Waals surface area contributed by atoms with Crippen molar-refractivity contribution in [3.05, 3.63) is 80.7 Å². The van der Waals surface area contributed by atoms with Crippen LogP contribution in [0.15, 0.2) is 48.5 Å². The van der Waals surface area contributed by atoms with E-state index in [4.69, 9.17) is 34.9 Å². The molecule has 1 heterocycles. The molecule has 0 unspecified atom stereocenters. The fraction of sp³-hybridized carbons (Fsp3) is 0. The molecular weight excluding hydrogens is 375 g/mol. The topological polar surface area (TPSA) is 128 Å². The number of nitrogens with one attached hydrogen (secondary N) is 2. The van der Waals surface area contributed by atoms with Gasteiger partial charge in [0.25, 0.3) is 0 Å². The van der Waals surface area contributed by atoms with Gasteiger partial charge in [0.05, 0.1) is 0 Å². The van der Waals surface area contributed by atoms with E-state index in [0.29, 0.717) is 21.4 Å². The third-order valence-corrected chi connectivity index (χ3v) is 3.98. The second-order valence-corrected chi connectivity index (χ2v) is 5.97. The Morgan fingerprint density at radius 1 is 0.615 bits per heavy atom. The first-order valence-electron chi connectivity index (χ1n) is 7.39. The van der Waals surface area contributed by atoms with Crippen LogP contribution in [0.2, 0.25) is 10.0 Å². The molecule has 26 heavy (non-hydrogen) atoms. The molecule has 132 valence electrons. The molecule has 0 spiro atoms. The second-order valence-electron chi connectivity index (χ2n) is 5.10. The minimum absolute atomic E-state index is 0.228. The van der Waals surface area contributed by atoms with Crippen molar-refractivity contribution in [2.45, 2.75) is 0 Å². The summed E-state index contributed by atoms with van der Waals surface area (Å²) in [6.07, 6.45) is 0. The molecule has 10 heteroatoms. The molecule has 0 saturated heterocycles. The van der Waals surface area contributed by atoms with Crippen LogP contribution >= 0.6 is 23.2 Å². The number of hydrogen-bond acceptors (Lipinski definition) is 8. The van der Waals surface area contributed by atoms with Gasteiger partial charge in [-0.1, -0.05) is 47.5 Å². The number of benzene rings is 2. The third-order valence-electron chi connectivity index (χ3n) is 3.48. The van der Waals surface area contributed by atoms with Crippen LogP contribution in [0.25, 0.3) is 11.4 Å². The summed E-state index contributed by atoms with van der Waals surface area (Å²) in [7, 11) is 0. The fourth-order valence-electron chi connectivity index (χ4n) is 2.22. The van der Waals surface area contributed by atoms with E-state index in [2.05, 4.69) is 31.2 Å². The van der Waals surface area contributed by atoms with Crippen molar-refractivity contribution in [3.63, 3.8) is 0 Å². The number of nitrogens with zero attached hydrogens (tertiary/aromatic N) is 4. The largest absolute Gasteiger partial charge is 0.320 e. The molecule has 0 aliphatic carbocycles. The normalized spacial score (nSPS) is 10.3. The average Bonchev–Trinajstić information content (AvgIpc) is 2.67. The monoisotopic (exact) mass is 388 g/mol.